The van der Waals surface area contributed by atoms with Gasteiger partial charge in [0, 0.05) is 0 Å². The Labute approximate surface area is 212 Å². The molecule has 5 rings (SSSR count). The molecule has 0 spiro atoms. The summed E-state index contributed by atoms with van der Waals surface area (Å²) >= 11 is 4.46. The van der Waals surface area contributed by atoms with Crippen molar-refractivity contribution in [2.45, 2.75) is 13.1 Å². The van der Waals surface area contributed by atoms with Crippen LogP contribution in [0.3, 0.4) is 0 Å². The Kier molecular flexibility index (Phi) is 6.31. The summed E-state index contributed by atoms with van der Waals surface area (Å²) in [6, 6.07) is 37.6. The number of fused-ring (bicyclic) bond motifs is 1. The van der Waals surface area contributed by atoms with Gasteiger partial charge in [0.2, 0.25) is 0 Å². The molecule has 176 valence electrons. The normalized spacial score (nSPS) is 12.7. The van der Waals surface area contributed by atoms with Gasteiger partial charge in [-0.25, -0.2) is 0 Å². The standard InChI is InChI=1S/C29H25BrNO3P/c1-2-33-29-31-27-19-18-22(20-26(27)28(32)34-29)21-35(30,23-12-6-3-7-13-23,24-14-8-4-9-15-24)25-16-10-5-11-17-25/h3-20H,2,21H2,1H3. The van der Waals surface area contributed by atoms with Crippen molar-refractivity contribution in [1.29, 1.82) is 0 Å². The number of rotatable bonds is 7. The number of hydrogen-bond donors (Lipinski definition) is 0. The van der Waals surface area contributed by atoms with Crippen molar-refractivity contribution in [3.8, 4) is 6.08 Å². The van der Waals surface area contributed by atoms with Gasteiger partial charge in [-0.3, -0.25) is 0 Å². The van der Waals surface area contributed by atoms with Gasteiger partial charge in [-0.2, -0.15) is 0 Å². The number of benzene rings is 4. The van der Waals surface area contributed by atoms with Gasteiger partial charge >= 0.3 is 213 Å². The van der Waals surface area contributed by atoms with Crippen LogP contribution < -0.4 is 26.3 Å². The summed E-state index contributed by atoms with van der Waals surface area (Å²) in [5.74, 6) is 0. The van der Waals surface area contributed by atoms with E-state index in [4.69, 9.17) is 9.15 Å². The topological polar surface area (TPSA) is 52.3 Å². The third-order valence-corrected chi connectivity index (χ3v) is 15.8. The predicted molar refractivity (Wildman–Crippen MR) is 149 cm³/mol. The van der Waals surface area contributed by atoms with E-state index in [-0.39, 0.29) is 6.08 Å². The second-order valence-corrected chi connectivity index (χ2v) is 17.3. The van der Waals surface area contributed by atoms with E-state index in [0.29, 0.717) is 23.7 Å². The molecule has 0 bridgehead atoms. The van der Waals surface area contributed by atoms with E-state index >= 15 is 0 Å². The molecular weight excluding hydrogens is 521 g/mol. The van der Waals surface area contributed by atoms with Crippen molar-refractivity contribution in [2.75, 3.05) is 6.61 Å². The Bertz CT molecular complexity index is 1420. The Morgan fingerprint density at radius 3 is 1.80 bits per heavy atom. The molecule has 0 atom stereocenters. The van der Waals surface area contributed by atoms with Gasteiger partial charge in [0.25, 0.3) is 0 Å². The fourth-order valence-corrected chi connectivity index (χ4v) is 12.4. The van der Waals surface area contributed by atoms with Gasteiger partial charge in [-0.05, 0) is 0 Å². The number of ether oxygens (including phenoxy) is 1. The third-order valence-electron chi connectivity index (χ3n) is 6.30. The molecule has 0 aliphatic carbocycles. The predicted octanol–water partition coefficient (Wildman–Crippen LogP) is 5.93. The maximum absolute atomic E-state index is 12.8. The molecule has 0 aliphatic rings. The van der Waals surface area contributed by atoms with E-state index in [1.54, 1.807) is 0 Å². The van der Waals surface area contributed by atoms with Gasteiger partial charge in [0.15, 0.2) is 0 Å². The first-order valence-corrected chi connectivity index (χ1v) is 15.9. The first-order valence-electron chi connectivity index (χ1n) is 11.5. The zero-order chi connectivity index (χ0) is 24.3. The van der Waals surface area contributed by atoms with E-state index in [1.807, 2.05) is 43.3 Å². The number of halogens is 1. The zero-order valence-corrected chi connectivity index (χ0v) is 21.8. The molecule has 35 heavy (non-hydrogen) atoms. The Balaban J connectivity index is 1.78. The van der Waals surface area contributed by atoms with Crippen LogP contribution in [0.4, 0.5) is 0 Å². The van der Waals surface area contributed by atoms with Gasteiger partial charge in [-0.15, -0.1) is 0 Å². The SMILES string of the molecule is CCOc1nc2ccc(CP(Br)(c3ccccc3)(c3ccccc3)c3ccccc3)cc2c(=O)o1. The summed E-state index contributed by atoms with van der Waals surface area (Å²) in [6.45, 7) is 2.20. The quantitative estimate of drug-likeness (QED) is 0.238. The first kappa shape index (κ1) is 23.5. The van der Waals surface area contributed by atoms with Crippen molar-refractivity contribution in [3.05, 3.63) is 125 Å². The number of nitrogens with zero attached hydrogens (tertiary/aromatic N) is 1. The Morgan fingerprint density at radius 2 is 1.31 bits per heavy atom. The second-order valence-electron chi connectivity index (χ2n) is 8.40. The van der Waals surface area contributed by atoms with Gasteiger partial charge in [0.1, 0.15) is 0 Å². The van der Waals surface area contributed by atoms with Crippen LogP contribution in [0, 0.1) is 0 Å². The minimum atomic E-state index is -3.18. The molecule has 4 aromatic carbocycles. The summed E-state index contributed by atoms with van der Waals surface area (Å²) in [5, 5.41) is 0.910. The molecule has 0 saturated heterocycles. The molecule has 0 unspecified atom stereocenters. The van der Waals surface area contributed by atoms with Crippen molar-refractivity contribution < 1.29 is 9.15 Å². The van der Waals surface area contributed by atoms with Crippen molar-refractivity contribution in [2.24, 2.45) is 0 Å². The van der Waals surface area contributed by atoms with Gasteiger partial charge in [0.05, 0.1) is 0 Å². The molecule has 0 aliphatic heterocycles. The monoisotopic (exact) mass is 545 g/mol. The molecule has 0 N–H and O–H groups in total. The number of hydrogen-bond acceptors (Lipinski definition) is 4. The molecule has 0 fully saturated rings. The fraction of sp³-hybridized carbons (Fsp3) is 0.103. The van der Waals surface area contributed by atoms with Crippen molar-refractivity contribution >= 4 is 47.6 Å². The molecule has 0 saturated carbocycles. The summed E-state index contributed by atoms with van der Waals surface area (Å²) in [5.41, 5.74) is 1.12. The van der Waals surface area contributed by atoms with Gasteiger partial charge < -0.3 is 0 Å². The molecule has 1 heterocycles. The molecular formula is C29H25BrNO3P. The van der Waals surface area contributed by atoms with Crippen LogP contribution in [0.25, 0.3) is 10.9 Å². The van der Waals surface area contributed by atoms with Crippen LogP contribution in [0.1, 0.15) is 12.5 Å². The van der Waals surface area contributed by atoms with E-state index < -0.39 is 10.9 Å². The first-order chi connectivity index (χ1) is 17.0. The van der Waals surface area contributed by atoms with E-state index in [0.717, 1.165) is 5.56 Å². The van der Waals surface area contributed by atoms with Crippen LogP contribution in [-0.4, -0.2) is 11.6 Å². The summed E-state index contributed by atoms with van der Waals surface area (Å²) in [6.07, 6.45) is 0.669. The van der Waals surface area contributed by atoms with Gasteiger partial charge in [-0.1, -0.05) is 0 Å². The van der Waals surface area contributed by atoms with Crippen LogP contribution in [-0.2, 0) is 6.16 Å². The molecule has 5 aromatic rings. The van der Waals surface area contributed by atoms with Crippen molar-refractivity contribution in [3.63, 3.8) is 0 Å². The van der Waals surface area contributed by atoms with E-state index in [9.17, 15) is 4.79 Å². The molecule has 4 nitrogen and oxygen atoms in total. The minimum absolute atomic E-state index is 0.00396. The zero-order valence-electron chi connectivity index (χ0n) is 19.3. The maximum atomic E-state index is 12.8. The fourth-order valence-electron chi connectivity index (χ4n) is 4.66. The van der Waals surface area contributed by atoms with Crippen LogP contribution in [0.15, 0.2) is 118 Å². The molecule has 0 radical (unpaired) electrons. The molecule has 0 amide bonds. The molecule has 1 aromatic heterocycles. The van der Waals surface area contributed by atoms with Crippen LogP contribution >= 0.6 is 20.8 Å². The summed E-state index contributed by atoms with van der Waals surface area (Å²) in [4.78, 5) is 17.2. The third kappa shape index (κ3) is 4.09. The van der Waals surface area contributed by atoms with Crippen LogP contribution in [0.2, 0.25) is 0 Å². The summed E-state index contributed by atoms with van der Waals surface area (Å²) in [7, 11) is 0. The average molecular weight is 546 g/mol. The number of aromatic nitrogens is 1. The average Bonchev–Trinajstić information content (AvgIpc) is 2.91. The molecule has 6 heteroatoms. The Morgan fingerprint density at radius 1 is 0.800 bits per heavy atom. The second kappa shape index (κ2) is 9.41. The Hall–Kier alpha value is -3.27. The van der Waals surface area contributed by atoms with Crippen LogP contribution in [0.5, 0.6) is 6.08 Å². The van der Waals surface area contributed by atoms with E-state index in [1.165, 1.54) is 15.9 Å². The van der Waals surface area contributed by atoms with E-state index in [2.05, 4.69) is 93.3 Å². The summed E-state index contributed by atoms with van der Waals surface area (Å²) < 4.78 is 10.6. The van der Waals surface area contributed by atoms with Crippen molar-refractivity contribution in [1.82, 2.24) is 4.98 Å².